The Morgan fingerprint density at radius 1 is 1.65 bits per heavy atom. The van der Waals surface area contributed by atoms with E-state index in [4.69, 9.17) is 16.9 Å². The van der Waals surface area contributed by atoms with Crippen LogP contribution in [0, 0.1) is 18.2 Å². The zero-order chi connectivity index (χ0) is 15.1. The van der Waals surface area contributed by atoms with Crippen LogP contribution < -0.4 is 11.4 Å². The van der Waals surface area contributed by atoms with E-state index < -0.39 is 48.0 Å². The Hall–Kier alpha value is -1.99. The molecule has 2 rings (SSSR count). The number of hydrogen-bond acceptors (Lipinski definition) is 7. The molecule has 1 saturated heterocycles. The summed E-state index contributed by atoms with van der Waals surface area (Å²) in [4.78, 5) is 14.8. The lowest BCUT2D eigenvalue weighted by Gasteiger charge is -2.23. The molecule has 5 N–H and O–H groups in total. The van der Waals surface area contributed by atoms with Gasteiger partial charge in [-0.05, 0) is 0 Å². The van der Waals surface area contributed by atoms with Crippen molar-refractivity contribution in [3.8, 4) is 12.3 Å². The number of rotatable bonds is 2. The van der Waals surface area contributed by atoms with E-state index in [2.05, 4.69) is 4.98 Å². The highest BCUT2D eigenvalue weighted by atomic mass is 19.1. The van der Waals surface area contributed by atoms with Gasteiger partial charge in [0.05, 0.1) is 12.8 Å². The second-order valence-corrected chi connectivity index (χ2v) is 4.30. The molecule has 1 fully saturated rings. The molecule has 1 aliphatic rings. The van der Waals surface area contributed by atoms with Gasteiger partial charge < -0.3 is 25.8 Å². The molecule has 2 heterocycles. The van der Waals surface area contributed by atoms with Crippen LogP contribution in [0.15, 0.2) is 11.0 Å². The molecule has 0 amide bonds. The molecule has 1 aromatic heterocycles. The smallest absolute Gasteiger partial charge is 0.351 e. The fourth-order valence-electron chi connectivity index (χ4n) is 1.94. The van der Waals surface area contributed by atoms with Gasteiger partial charge in [0.15, 0.2) is 23.5 Å². The summed E-state index contributed by atoms with van der Waals surface area (Å²) in [6.07, 6.45) is 1.03. The quantitative estimate of drug-likeness (QED) is 0.445. The molecule has 108 valence electrons. The molecule has 20 heavy (non-hydrogen) atoms. The summed E-state index contributed by atoms with van der Waals surface area (Å²) in [7, 11) is 0. The number of aliphatic hydroxyl groups is 3. The average molecular weight is 285 g/mol. The van der Waals surface area contributed by atoms with E-state index >= 15 is 0 Å². The van der Waals surface area contributed by atoms with Gasteiger partial charge in [0, 0.05) is 0 Å². The molecular weight excluding hydrogens is 273 g/mol. The summed E-state index contributed by atoms with van der Waals surface area (Å²) in [5, 5.41) is 28.9. The number of nitrogens with zero attached hydrogens (tertiary/aromatic N) is 2. The van der Waals surface area contributed by atoms with E-state index in [-0.39, 0.29) is 0 Å². The van der Waals surface area contributed by atoms with Crippen LogP contribution in [0.4, 0.5) is 10.2 Å². The van der Waals surface area contributed by atoms with Crippen molar-refractivity contribution in [1.82, 2.24) is 9.55 Å². The second kappa shape index (κ2) is 4.84. The molecule has 4 atom stereocenters. The zero-order valence-electron chi connectivity index (χ0n) is 10.1. The molecule has 0 radical (unpaired) electrons. The van der Waals surface area contributed by atoms with Gasteiger partial charge in [-0.25, -0.2) is 9.18 Å². The van der Waals surface area contributed by atoms with Crippen molar-refractivity contribution in [2.75, 3.05) is 12.3 Å². The lowest BCUT2D eigenvalue weighted by atomic mass is 9.97. The Kier molecular flexibility index (Phi) is 3.49. The first kappa shape index (κ1) is 14.4. The molecule has 1 aliphatic heterocycles. The minimum atomic E-state index is -1.89. The van der Waals surface area contributed by atoms with Crippen molar-refractivity contribution in [3.63, 3.8) is 0 Å². The first-order chi connectivity index (χ1) is 9.36. The molecule has 8 nitrogen and oxygen atoms in total. The maximum atomic E-state index is 13.4. The van der Waals surface area contributed by atoms with Crippen LogP contribution in [-0.2, 0) is 4.74 Å². The van der Waals surface area contributed by atoms with Crippen LogP contribution in [0.2, 0.25) is 0 Å². The minimum Gasteiger partial charge on any atom is -0.392 e. The van der Waals surface area contributed by atoms with Gasteiger partial charge in [-0.3, -0.25) is 4.57 Å². The fourth-order valence-corrected chi connectivity index (χ4v) is 1.94. The van der Waals surface area contributed by atoms with Crippen LogP contribution in [0.5, 0.6) is 0 Å². The van der Waals surface area contributed by atoms with E-state index in [1.807, 2.05) is 5.92 Å². The van der Waals surface area contributed by atoms with Gasteiger partial charge in [0.25, 0.3) is 0 Å². The Morgan fingerprint density at radius 2 is 2.30 bits per heavy atom. The molecule has 0 aromatic carbocycles. The first-order valence-corrected chi connectivity index (χ1v) is 5.53. The normalized spacial score (nSPS) is 33.0. The van der Waals surface area contributed by atoms with Gasteiger partial charge in [-0.15, -0.1) is 6.42 Å². The van der Waals surface area contributed by atoms with E-state index in [0.29, 0.717) is 10.8 Å². The van der Waals surface area contributed by atoms with Crippen molar-refractivity contribution in [3.05, 3.63) is 22.5 Å². The number of nitrogen functional groups attached to an aromatic ring is 1. The lowest BCUT2D eigenvalue weighted by Crippen LogP contribution is -2.45. The number of nitrogens with two attached hydrogens (primary N) is 1. The van der Waals surface area contributed by atoms with Crippen LogP contribution in [0.1, 0.15) is 6.23 Å². The molecular formula is C11H12FN3O5. The van der Waals surface area contributed by atoms with E-state index in [1.54, 1.807) is 0 Å². The number of anilines is 1. The third-order valence-electron chi connectivity index (χ3n) is 3.11. The zero-order valence-corrected chi connectivity index (χ0v) is 10.1. The van der Waals surface area contributed by atoms with Crippen molar-refractivity contribution in [2.45, 2.75) is 24.0 Å². The summed E-state index contributed by atoms with van der Waals surface area (Å²) in [5.74, 6) is 0.407. The third kappa shape index (κ3) is 1.95. The topological polar surface area (TPSA) is 131 Å². The van der Waals surface area contributed by atoms with Crippen LogP contribution in [-0.4, -0.2) is 49.3 Å². The second-order valence-electron chi connectivity index (χ2n) is 4.30. The SMILES string of the molecule is C#C[C@]1(CO)OC(n2cc(F)c(N)nc2=O)[C@@H](O)[C@@H]1O. The molecule has 1 unspecified atom stereocenters. The molecule has 9 heteroatoms. The van der Waals surface area contributed by atoms with E-state index in [0.717, 1.165) is 0 Å². The number of aliphatic hydroxyl groups excluding tert-OH is 3. The van der Waals surface area contributed by atoms with Gasteiger partial charge in [-0.1, -0.05) is 5.92 Å². The number of hydrogen-bond donors (Lipinski definition) is 4. The Bertz CT molecular complexity index is 627. The molecule has 0 spiro atoms. The van der Waals surface area contributed by atoms with Gasteiger partial charge in [0.1, 0.15) is 12.2 Å². The summed E-state index contributed by atoms with van der Waals surface area (Å²) in [6.45, 7) is -0.794. The van der Waals surface area contributed by atoms with Crippen molar-refractivity contribution in [1.29, 1.82) is 0 Å². The van der Waals surface area contributed by atoms with Crippen LogP contribution in [0.3, 0.4) is 0 Å². The first-order valence-electron chi connectivity index (χ1n) is 5.53. The van der Waals surface area contributed by atoms with Gasteiger partial charge in [-0.2, -0.15) is 4.98 Å². The Labute approximate surface area is 112 Å². The maximum Gasteiger partial charge on any atom is 0.351 e. The third-order valence-corrected chi connectivity index (χ3v) is 3.11. The predicted octanol–water partition coefficient (Wildman–Crippen LogP) is -2.42. The summed E-state index contributed by atoms with van der Waals surface area (Å²) in [6, 6.07) is 0. The monoisotopic (exact) mass is 285 g/mol. The largest absolute Gasteiger partial charge is 0.392 e. The van der Waals surface area contributed by atoms with E-state index in [9.17, 15) is 24.5 Å². The Morgan fingerprint density at radius 3 is 2.80 bits per heavy atom. The molecule has 1 aromatic rings. The van der Waals surface area contributed by atoms with Crippen LogP contribution >= 0.6 is 0 Å². The summed E-state index contributed by atoms with van der Waals surface area (Å²) < 4.78 is 19.1. The predicted molar refractivity (Wildman–Crippen MR) is 63.7 cm³/mol. The average Bonchev–Trinajstić information content (AvgIpc) is 2.68. The van der Waals surface area contributed by atoms with E-state index in [1.165, 1.54) is 0 Å². The molecule has 0 bridgehead atoms. The number of aromatic nitrogens is 2. The maximum absolute atomic E-state index is 13.4. The van der Waals surface area contributed by atoms with Gasteiger partial charge in [0.2, 0.25) is 0 Å². The lowest BCUT2D eigenvalue weighted by molar-refractivity contribution is -0.0938. The van der Waals surface area contributed by atoms with Crippen molar-refractivity contribution < 1.29 is 24.4 Å². The highest BCUT2D eigenvalue weighted by Gasteiger charge is 2.54. The standard InChI is InChI=1S/C11H12FN3O5/c1-2-11(4-16)7(18)6(17)9(20-11)15-3-5(12)8(13)14-10(15)19/h1,3,6-7,9,16-18H,4H2,(H2,13,14,19)/t6-,7-,9?,11+/m0/s1. The van der Waals surface area contributed by atoms with Gasteiger partial charge >= 0.3 is 5.69 Å². The molecule has 0 saturated carbocycles. The van der Waals surface area contributed by atoms with Crippen LogP contribution in [0.25, 0.3) is 0 Å². The highest BCUT2D eigenvalue weighted by molar-refractivity contribution is 5.27. The molecule has 0 aliphatic carbocycles. The number of halogens is 1. The Balaban J connectivity index is 2.48. The summed E-state index contributed by atoms with van der Waals surface area (Å²) in [5.41, 5.74) is 2.25. The minimum absolute atomic E-state index is 0.605. The fraction of sp³-hybridized carbons (Fsp3) is 0.455. The van der Waals surface area contributed by atoms with Crippen molar-refractivity contribution >= 4 is 5.82 Å². The highest BCUT2D eigenvalue weighted by Crippen LogP contribution is 2.36. The van der Waals surface area contributed by atoms with Crippen molar-refractivity contribution in [2.24, 2.45) is 0 Å². The summed E-state index contributed by atoms with van der Waals surface area (Å²) >= 11 is 0. The number of terminal acetylenes is 1. The number of ether oxygens (including phenoxy) is 1.